The van der Waals surface area contributed by atoms with Crippen molar-refractivity contribution in [3.05, 3.63) is 78.6 Å². The standard InChI is InChI=1S/C12H10.C5H6N2O2/c1-3-7-11(8-4-1)12-9-5-2-6-10-12;1-9-5(8)4-2-6-7-3-4/h1-10H;2-3H,1H3,(H,6,7). The zero-order valence-electron chi connectivity index (χ0n) is 11.7. The van der Waals surface area contributed by atoms with Gasteiger partial charge in [-0.15, -0.1) is 0 Å². The van der Waals surface area contributed by atoms with Gasteiger partial charge in [0, 0.05) is 6.20 Å². The third-order valence-corrected chi connectivity index (χ3v) is 2.80. The Kier molecular flexibility index (Phi) is 5.29. The van der Waals surface area contributed by atoms with Crippen LogP contribution in [0.3, 0.4) is 0 Å². The van der Waals surface area contributed by atoms with Crippen molar-refractivity contribution in [1.82, 2.24) is 10.2 Å². The topological polar surface area (TPSA) is 55.0 Å². The number of aromatic nitrogens is 2. The van der Waals surface area contributed by atoms with Gasteiger partial charge in [-0.05, 0) is 11.1 Å². The van der Waals surface area contributed by atoms with E-state index < -0.39 is 0 Å². The number of benzene rings is 2. The van der Waals surface area contributed by atoms with E-state index in [1.54, 1.807) is 0 Å². The van der Waals surface area contributed by atoms with Gasteiger partial charge >= 0.3 is 5.97 Å². The zero-order chi connectivity index (χ0) is 14.9. The number of hydrogen-bond donors (Lipinski definition) is 1. The summed E-state index contributed by atoms with van der Waals surface area (Å²) in [6, 6.07) is 20.8. The van der Waals surface area contributed by atoms with Crippen LogP contribution < -0.4 is 0 Å². The molecule has 0 aliphatic rings. The van der Waals surface area contributed by atoms with Crippen molar-refractivity contribution in [1.29, 1.82) is 0 Å². The molecule has 0 unspecified atom stereocenters. The van der Waals surface area contributed by atoms with Crippen LogP contribution in [0.15, 0.2) is 73.1 Å². The third kappa shape index (κ3) is 4.31. The Balaban J connectivity index is 0.000000161. The van der Waals surface area contributed by atoms with Crippen LogP contribution in [0, 0.1) is 0 Å². The summed E-state index contributed by atoms with van der Waals surface area (Å²) < 4.78 is 4.40. The van der Waals surface area contributed by atoms with E-state index in [2.05, 4.69) is 63.5 Å². The van der Waals surface area contributed by atoms with Gasteiger partial charge in [-0.25, -0.2) is 4.79 Å². The largest absolute Gasteiger partial charge is 0.465 e. The van der Waals surface area contributed by atoms with Crippen LogP contribution >= 0.6 is 0 Å². The highest BCUT2D eigenvalue weighted by atomic mass is 16.5. The zero-order valence-corrected chi connectivity index (χ0v) is 11.7. The quantitative estimate of drug-likeness (QED) is 0.730. The molecule has 4 nitrogen and oxygen atoms in total. The number of carbonyl (C=O) groups excluding carboxylic acids is 1. The van der Waals surface area contributed by atoms with Gasteiger partial charge in [0.2, 0.25) is 0 Å². The molecule has 0 aliphatic carbocycles. The predicted molar refractivity (Wildman–Crippen MR) is 81.8 cm³/mol. The van der Waals surface area contributed by atoms with E-state index >= 15 is 0 Å². The second-order valence-corrected chi connectivity index (χ2v) is 4.21. The second-order valence-electron chi connectivity index (χ2n) is 4.21. The molecule has 1 heterocycles. The van der Waals surface area contributed by atoms with E-state index in [1.807, 2.05) is 12.1 Å². The average Bonchev–Trinajstić information content (AvgIpc) is 3.11. The second kappa shape index (κ2) is 7.65. The number of ether oxygens (including phenoxy) is 1. The van der Waals surface area contributed by atoms with Crippen molar-refractivity contribution in [2.75, 3.05) is 7.11 Å². The Morgan fingerprint density at radius 1 is 0.952 bits per heavy atom. The number of H-pyrrole nitrogens is 1. The minimum atomic E-state index is -0.372. The van der Waals surface area contributed by atoms with Crippen LogP contribution in [0.25, 0.3) is 11.1 Å². The first-order valence-corrected chi connectivity index (χ1v) is 6.49. The first-order chi connectivity index (χ1) is 10.3. The number of nitrogens with zero attached hydrogens (tertiary/aromatic N) is 1. The van der Waals surface area contributed by atoms with E-state index in [-0.39, 0.29) is 5.97 Å². The van der Waals surface area contributed by atoms with Gasteiger partial charge < -0.3 is 4.74 Å². The van der Waals surface area contributed by atoms with Crippen LogP contribution in [0.1, 0.15) is 10.4 Å². The number of esters is 1. The van der Waals surface area contributed by atoms with Crippen LogP contribution in [-0.2, 0) is 4.74 Å². The van der Waals surface area contributed by atoms with Crippen molar-refractivity contribution >= 4 is 5.97 Å². The third-order valence-electron chi connectivity index (χ3n) is 2.80. The van der Waals surface area contributed by atoms with Gasteiger partial charge in [0.1, 0.15) is 0 Å². The summed E-state index contributed by atoms with van der Waals surface area (Å²) in [7, 11) is 1.33. The van der Waals surface area contributed by atoms with Crippen LogP contribution in [-0.4, -0.2) is 23.3 Å². The highest BCUT2D eigenvalue weighted by Gasteiger charge is 2.03. The molecule has 0 saturated heterocycles. The maximum Gasteiger partial charge on any atom is 0.341 e. The molecule has 106 valence electrons. The number of hydrogen-bond acceptors (Lipinski definition) is 3. The van der Waals surface area contributed by atoms with E-state index in [1.165, 1.54) is 30.6 Å². The first-order valence-electron chi connectivity index (χ1n) is 6.49. The highest BCUT2D eigenvalue weighted by Crippen LogP contribution is 2.17. The smallest absolute Gasteiger partial charge is 0.341 e. The van der Waals surface area contributed by atoms with Crippen molar-refractivity contribution in [2.24, 2.45) is 0 Å². The van der Waals surface area contributed by atoms with Gasteiger partial charge in [0.15, 0.2) is 0 Å². The van der Waals surface area contributed by atoms with E-state index in [4.69, 9.17) is 0 Å². The molecule has 2 aromatic carbocycles. The fraction of sp³-hybridized carbons (Fsp3) is 0.0588. The summed E-state index contributed by atoms with van der Waals surface area (Å²) in [6.07, 6.45) is 2.89. The number of rotatable bonds is 2. The van der Waals surface area contributed by atoms with E-state index in [0.717, 1.165) is 0 Å². The lowest BCUT2D eigenvalue weighted by atomic mass is 10.1. The Morgan fingerprint density at radius 2 is 1.48 bits per heavy atom. The maximum atomic E-state index is 10.6. The molecule has 4 heteroatoms. The molecular weight excluding hydrogens is 264 g/mol. The normalized spacial score (nSPS) is 9.38. The summed E-state index contributed by atoms with van der Waals surface area (Å²) in [5.41, 5.74) is 2.99. The van der Waals surface area contributed by atoms with Gasteiger partial charge in [0.25, 0.3) is 0 Å². The van der Waals surface area contributed by atoms with Crippen molar-refractivity contribution in [3.63, 3.8) is 0 Å². The summed E-state index contributed by atoms with van der Waals surface area (Å²) >= 11 is 0. The fourth-order valence-corrected chi connectivity index (χ4v) is 1.74. The predicted octanol–water partition coefficient (Wildman–Crippen LogP) is 3.55. The molecule has 3 rings (SSSR count). The van der Waals surface area contributed by atoms with Gasteiger partial charge in [-0.2, -0.15) is 5.10 Å². The highest BCUT2D eigenvalue weighted by molar-refractivity contribution is 5.88. The number of nitrogens with one attached hydrogen (secondary N) is 1. The molecule has 0 amide bonds. The summed E-state index contributed by atoms with van der Waals surface area (Å²) in [5, 5.41) is 6.06. The monoisotopic (exact) mass is 280 g/mol. The maximum absolute atomic E-state index is 10.6. The Morgan fingerprint density at radius 3 is 1.86 bits per heavy atom. The van der Waals surface area contributed by atoms with Crippen LogP contribution in [0.5, 0.6) is 0 Å². The lowest BCUT2D eigenvalue weighted by molar-refractivity contribution is 0.0601. The number of aromatic amines is 1. The Labute approximate surface area is 123 Å². The summed E-state index contributed by atoms with van der Waals surface area (Å²) in [5.74, 6) is -0.372. The molecule has 0 atom stereocenters. The molecule has 0 saturated carbocycles. The van der Waals surface area contributed by atoms with Crippen molar-refractivity contribution < 1.29 is 9.53 Å². The van der Waals surface area contributed by atoms with Gasteiger partial charge in [-0.1, -0.05) is 60.7 Å². The van der Waals surface area contributed by atoms with Gasteiger partial charge in [0.05, 0.1) is 18.9 Å². The summed E-state index contributed by atoms with van der Waals surface area (Å²) in [4.78, 5) is 10.6. The lowest BCUT2D eigenvalue weighted by Crippen LogP contribution is -1.98. The molecule has 0 radical (unpaired) electrons. The molecular formula is C17H16N2O2. The molecule has 0 fully saturated rings. The number of methoxy groups -OCH3 is 1. The van der Waals surface area contributed by atoms with Crippen molar-refractivity contribution in [2.45, 2.75) is 0 Å². The molecule has 0 bridgehead atoms. The van der Waals surface area contributed by atoms with E-state index in [0.29, 0.717) is 5.56 Å². The van der Waals surface area contributed by atoms with Crippen LogP contribution in [0.2, 0.25) is 0 Å². The molecule has 21 heavy (non-hydrogen) atoms. The molecule has 1 aromatic heterocycles. The lowest BCUT2D eigenvalue weighted by Gasteiger charge is -1.98. The summed E-state index contributed by atoms with van der Waals surface area (Å²) in [6.45, 7) is 0. The molecule has 0 spiro atoms. The molecule has 1 N–H and O–H groups in total. The van der Waals surface area contributed by atoms with Crippen molar-refractivity contribution in [3.8, 4) is 11.1 Å². The molecule has 0 aliphatic heterocycles. The number of carbonyl (C=O) groups is 1. The SMILES string of the molecule is COC(=O)c1cn[nH]c1.c1ccc(-c2ccccc2)cc1. The molecule has 3 aromatic rings. The minimum absolute atomic E-state index is 0.372. The Bertz CT molecular complexity index is 612. The van der Waals surface area contributed by atoms with E-state index in [9.17, 15) is 4.79 Å². The van der Waals surface area contributed by atoms with Gasteiger partial charge in [-0.3, -0.25) is 5.10 Å². The Hall–Kier alpha value is -2.88. The average molecular weight is 280 g/mol. The van der Waals surface area contributed by atoms with Crippen LogP contribution in [0.4, 0.5) is 0 Å². The fourth-order valence-electron chi connectivity index (χ4n) is 1.74. The first kappa shape index (κ1) is 14.5. The minimum Gasteiger partial charge on any atom is -0.465 e.